The van der Waals surface area contributed by atoms with E-state index in [1.165, 1.54) is 16.7 Å². The van der Waals surface area contributed by atoms with Gasteiger partial charge >= 0.3 is 5.97 Å². The molecule has 2 aliphatic heterocycles. The molecule has 6 rings (SSSR count). The van der Waals surface area contributed by atoms with E-state index in [0.29, 0.717) is 41.4 Å². The normalized spacial score (nSPS) is 17.0. The third-order valence-corrected chi connectivity index (χ3v) is 9.58. The van der Waals surface area contributed by atoms with Gasteiger partial charge in [-0.15, -0.1) is 0 Å². The van der Waals surface area contributed by atoms with Crippen LogP contribution in [0.4, 0.5) is 0 Å². The van der Waals surface area contributed by atoms with Crippen LogP contribution < -0.4 is 5.32 Å². The lowest BCUT2D eigenvalue weighted by Crippen LogP contribution is -2.50. The van der Waals surface area contributed by atoms with Gasteiger partial charge in [-0.05, 0) is 54.7 Å². The molecule has 0 aromatic heterocycles. The van der Waals surface area contributed by atoms with Crippen LogP contribution in [-0.2, 0) is 20.9 Å². The van der Waals surface area contributed by atoms with Gasteiger partial charge in [0.15, 0.2) is 0 Å². The summed E-state index contributed by atoms with van der Waals surface area (Å²) >= 11 is 6.49. The highest BCUT2D eigenvalue weighted by molar-refractivity contribution is 6.30. The molecule has 6 nitrogen and oxygen atoms in total. The summed E-state index contributed by atoms with van der Waals surface area (Å²) in [6, 6.07) is 38.4. The van der Waals surface area contributed by atoms with Crippen molar-refractivity contribution in [2.75, 3.05) is 32.8 Å². The molecule has 48 heavy (non-hydrogen) atoms. The zero-order valence-electron chi connectivity index (χ0n) is 27.6. The Kier molecular flexibility index (Phi) is 10.7. The quantitative estimate of drug-likeness (QED) is 0.177. The number of nitrogens with zero attached hydrogens (tertiary/aromatic N) is 2. The highest BCUT2D eigenvalue weighted by atomic mass is 35.5. The van der Waals surface area contributed by atoms with Gasteiger partial charge in [-0.1, -0.05) is 115 Å². The number of carbonyl (C=O) groups excluding carboxylic acids is 2. The summed E-state index contributed by atoms with van der Waals surface area (Å²) < 4.78 is 6.06. The van der Waals surface area contributed by atoms with Crippen molar-refractivity contribution in [3.05, 3.63) is 165 Å². The van der Waals surface area contributed by atoms with E-state index in [-0.39, 0.29) is 18.4 Å². The van der Waals surface area contributed by atoms with Gasteiger partial charge in [0, 0.05) is 60.6 Å². The van der Waals surface area contributed by atoms with Crippen molar-refractivity contribution in [2.24, 2.45) is 0 Å². The van der Waals surface area contributed by atoms with E-state index in [1.54, 1.807) is 6.07 Å². The number of piperazine rings is 1. The Hall–Kier alpha value is -4.65. The molecule has 1 N–H and O–H groups in total. The Balaban J connectivity index is 1.21. The second kappa shape index (κ2) is 15.5. The minimum absolute atomic E-state index is 0.0725. The predicted molar refractivity (Wildman–Crippen MR) is 191 cm³/mol. The number of nitrogens with one attached hydrogen (secondary N) is 1. The van der Waals surface area contributed by atoms with Crippen LogP contribution in [0, 0.1) is 0 Å². The van der Waals surface area contributed by atoms with Crippen LogP contribution in [0.25, 0.3) is 0 Å². The smallest absolute Gasteiger partial charge is 0.336 e. The molecule has 1 atom stereocenters. The standard InChI is InChI=1S/C41H42ClN3O3/c1-29-37(40(46)45-24-22-44(23-25-45)28-31-13-6-3-7-14-31)39(34-19-12-20-35(42)27-34)38(30(2)43-29)41(47)48-26-21-36(32-15-8-4-9-16-32)33-17-10-5-11-18-33/h3-20,27,36,39,43H,21-26,28H2,1-2H3. The van der Waals surface area contributed by atoms with Gasteiger partial charge in [0.1, 0.15) is 0 Å². The molecular weight excluding hydrogens is 618 g/mol. The lowest BCUT2D eigenvalue weighted by molar-refractivity contribution is -0.139. The fraction of sp³-hybridized carbons (Fsp3) is 0.268. The molecule has 0 saturated carbocycles. The number of hydrogen-bond donors (Lipinski definition) is 1. The van der Waals surface area contributed by atoms with Crippen LogP contribution in [0.3, 0.4) is 0 Å². The van der Waals surface area contributed by atoms with Crippen LogP contribution in [0.2, 0.25) is 5.02 Å². The highest BCUT2D eigenvalue weighted by Gasteiger charge is 2.39. The maximum atomic E-state index is 14.4. The number of benzene rings is 4. The molecule has 4 aromatic carbocycles. The molecule has 2 aliphatic rings. The topological polar surface area (TPSA) is 61.9 Å². The van der Waals surface area contributed by atoms with Gasteiger partial charge in [-0.3, -0.25) is 9.69 Å². The molecule has 0 spiro atoms. The van der Waals surface area contributed by atoms with Gasteiger partial charge in [0.25, 0.3) is 5.91 Å². The minimum Gasteiger partial charge on any atom is -0.462 e. The van der Waals surface area contributed by atoms with E-state index >= 15 is 0 Å². The van der Waals surface area contributed by atoms with Gasteiger partial charge in [-0.25, -0.2) is 4.79 Å². The monoisotopic (exact) mass is 659 g/mol. The SMILES string of the molecule is CC1=C(C(=O)OCCC(c2ccccc2)c2ccccc2)C(c2cccc(Cl)c2)C(C(=O)N2CCN(Cc3ccccc3)CC2)=C(C)N1. The van der Waals surface area contributed by atoms with E-state index < -0.39 is 11.9 Å². The first-order chi connectivity index (χ1) is 23.4. The lowest BCUT2D eigenvalue weighted by atomic mass is 9.79. The Bertz CT molecular complexity index is 1740. The molecule has 1 fully saturated rings. The Morgan fingerprint density at radius 2 is 1.35 bits per heavy atom. The largest absolute Gasteiger partial charge is 0.462 e. The average Bonchev–Trinajstić information content (AvgIpc) is 3.11. The van der Waals surface area contributed by atoms with Crippen LogP contribution in [0.1, 0.15) is 54.4 Å². The number of halogens is 1. The number of esters is 1. The fourth-order valence-electron chi connectivity index (χ4n) is 6.93. The first kappa shape index (κ1) is 33.3. The van der Waals surface area contributed by atoms with Crippen molar-refractivity contribution < 1.29 is 14.3 Å². The summed E-state index contributed by atoms with van der Waals surface area (Å²) in [7, 11) is 0. The number of hydrogen-bond acceptors (Lipinski definition) is 5. The van der Waals surface area contributed by atoms with E-state index in [0.717, 1.165) is 30.9 Å². The summed E-state index contributed by atoms with van der Waals surface area (Å²) in [5.74, 6) is -1.06. The van der Waals surface area contributed by atoms with Crippen molar-refractivity contribution in [3.63, 3.8) is 0 Å². The Morgan fingerprint density at radius 1 is 0.771 bits per heavy atom. The third-order valence-electron chi connectivity index (χ3n) is 9.34. The minimum atomic E-state index is -0.619. The first-order valence-electron chi connectivity index (χ1n) is 16.7. The van der Waals surface area contributed by atoms with E-state index in [9.17, 15) is 9.59 Å². The second-order valence-electron chi connectivity index (χ2n) is 12.5. The first-order valence-corrected chi connectivity index (χ1v) is 17.0. The molecule has 0 radical (unpaired) electrons. The summed E-state index contributed by atoms with van der Waals surface area (Å²) in [6.45, 7) is 7.61. The number of dihydropyridines is 1. The lowest BCUT2D eigenvalue weighted by Gasteiger charge is -2.38. The van der Waals surface area contributed by atoms with Crippen LogP contribution in [-0.4, -0.2) is 54.5 Å². The van der Waals surface area contributed by atoms with Crippen LogP contribution >= 0.6 is 11.6 Å². The van der Waals surface area contributed by atoms with E-state index in [4.69, 9.17) is 16.3 Å². The van der Waals surface area contributed by atoms with Crippen molar-refractivity contribution in [2.45, 2.75) is 38.6 Å². The van der Waals surface area contributed by atoms with Crippen LogP contribution in [0.5, 0.6) is 0 Å². The fourth-order valence-corrected chi connectivity index (χ4v) is 7.13. The summed E-state index contributed by atoms with van der Waals surface area (Å²) in [4.78, 5) is 32.8. The summed E-state index contributed by atoms with van der Waals surface area (Å²) in [5.41, 5.74) is 6.78. The number of allylic oxidation sites excluding steroid dienone is 2. The van der Waals surface area contributed by atoms with Gasteiger partial charge in [0.2, 0.25) is 0 Å². The van der Waals surface area contributed by atoms with Crippen molar-refractivity contribution in [3.8, 4) is 0 Å². The van der Waals surface area contributed by atoms with Crippen LogP contribution in [0.15, 0.2) is 138 Å². The molecule has 7 heteroatoms. The third kappa shape index (κ3) is 7.73. The molecule has 2 heterocycles. The maximum Gasteiger partial charge on any atom is 0.336 e. The molecule has 1 amide bonds. The summed E-state index contributed by atoms with van der Waals surface area (Å²) in [5, 5.41) is 3.90. The van der Waals surface area contributed by atoms with E-state index in [1.807, 2.05) is 79.4 Å². The van der Waals surface area contributed by atoms with Crippen molar-refractivity contribution in [1.29, 1.82) is 0 Å². The molecule has 4 aromatic rings. The molecule has 1 unspecified atom stereocenters. The zero-order valence-corrected chi connectivity index (χ0v) is 28.3. The highest BCUT2D eigenvalue weighted by Crippen LogP contribution is 2.40. The summed E-state index contributed by atoms with van der Waals surface area (Å²) in [6.07, 6.45) is 0.620. The van der Waals surface area contributed by atoms with Gasteiger partial charge < -0.3 is 15.0 Å². The van der Waals surface area contributed by atoms with Gasteiger partial charge in [-0.2, -0.15) is 0 Å². The molecular formula is C41H42ClN3O3. The number of ether oxygens (including phenoxy) is 1. The van der Waals surface area contributed by atoms with E-state index in [2.05, 4.69) is 58.7 Å². The maximum absolute atomic E-state index is 14.4. The Morgan fingerprint density at radius 3 is 1.96 bits per heavy atom. The molecule has 0 aliphatic carbocycles. The average molecular weight is 660 g/mol. The van der Waals surface area contributed by atoms with Crippen molar-refractivity contribution >= 4 is 23.5 Å². The Labute approximate surface area is 288 Å². The predicted octanol–water partition coefficient (Wildman–Crippen LogP) is 7.68. The number of amides is 1. The molecule has 1 saturated heterocycles. The molecule has 246 valence electrons. The number of carbonyl (C=O) groups is 2. The van der Waals surface area contributed by atoms with Crippen molar-refractivity contribution in [1.82, 2.24) is 15.1 Å². The number of rotatable bonds is 10. The van der Waals surface area contributed by atoms with Gasteiger partial charge in [0.05, 0.1) is 18.1 Å². The molecule has 0 bridgehead atoms. The second-order valence-corrected chi connectivity index (χ2v) is 13.0. The zero-order chi connectivity index (χ0) is 33.5.